The molecule has 0 aliphatic rings. The van der Waals surface area contributed by atoms with Gasteiger partial charge in [0.1, 0.15) is 0 Å². The van der Waals surface area contributed by atoms with Gasteiger partial charge in [0, 0.05) is 25.8 Å². The summed E-state index contributed by atoms with van der Waals surface area (Å²) in [5.74, 6) is -0.170. The number of pyridine rings is 1. The number of carbonyl (C=O) groups is 1. The third-order valence-corrected chi connectivity index (χ3v) is 2.51. The summed E-state index contributed by atoms with van der Waals surface area (Å²) in [4.78, 5) is 15.3. The summed E-state index contributed by atoms with van der Waals surface area (Å²) in [7, 11) is 1.57. The van der Waals surface area contributed by atoms with Crippen molar-refractivity contribution in [2.75, 3.05) is 25.6 Å². The summed E-state index contributed by atoms with van der Waals surface area (Å²) < 4.78 is 45.3. The monoisotopic (exact) mass is 321 g/mol. The van der Waals surface area contributed by atoms with Gasteiger partial charge >= 0.3 is 12.2 Å². The zero-order valence-electron chi connectivity index (χ0n) is 12.2. The molecule has 0 aliphatic heterocycles. The molecule has 0 bridgehead atoms. The Labute approximate surface area is 126 Å². The zero-order valence-corrected chi connectivity index (χ0v) is 12.2. The molecule has 1 heterocycles. The van der Waals surface area contributed by atoms with Gasteiger partial charge < -0.3 is 20.1 Å². The highest BCUT2D eigenvalue weighted by molar-refractivity contribution is 5.89. The van der Waals surface area contributed by atoms with Crippen molar-refractivity contribution in [3.05, 3.63) is 18.3 Å². The first kappa shape index (κ1) is 18.0. The molecule has 2 amide bonds. The summed E-state index contributed by atoms with van der Waals surface area (Å²) in [6.45, 7) is 0.934. The minimum Gasteiger partial charge on any atom is -0.468 e. The molecule has 0 aliphatic carbocycles. The van der Waals surface area contributed by atoms with Gasteiger partial charge in [0.2, 0.25) is 5.88 Å². The molecule has 0 aromatic carbocycles. The predicted molar refractivity (Wildman–Crippen MR) is 73.9 cm³/mol. The average molecular weight is 321 g/mol. The van der Waals surface area contributed by atoms with Crippen LogP contribution in [0.3, 0.4) is 0 Å². The van der Waals surface area contributed by atoms with Crippen LogP contribution in [0, 0.1) is 0 Å². The second kappa shape index (κ2) is 8.42. The molecule has 1 aromatic heterocycles. The molecule has 1 rings (SSSR count). The van der Waals surface area contributed by atoms with Gasteiger partial charge in [0.25, 0.3) is 0 Å². The largest absolute Gasteiger partial charge is 0.468 e. The Morgan fingerprint density at radius 1 is 1.41 bits per heavy atom. The molecule has 0 spiro atoms. The fraction of sp³-hybridized carbons (Fsp3) is 0.538. The van der Waals surface area contributed by atoms with Crippen molar-refractivity contribution >= 4 is 11.7 Å². The lowest BCUT2D eigenvalue weighted by atomic mass is 10.2. The normalized spacial score (nSPS) is 12.6. The van der Waals surface area contributed by atoms with Crippen molar-refractivity contribution in [2.24, 2.45) is 0 Å². The maximum absolute atomic E-state index is 12.0. The van der Waals surface area contributed by atoms with Crippen molar-refractivity contribution in [1.82, 2.24) is 10.3 Å². The van der Waals surface area contributed by atoms with Crippen molar-refractivity contribution in [3.63, 3.8) is 0 Å². The van der Waals surface area contributed by atoms with E-state index in [4.69, 9.17) is 4.74 Å². The Morgan fingerprint density at radius 2 is 2.14 bits per heavy atom. The fourth-order valence-corrected chi connectivity index (χ4v) is 1.45. The van der Waals surface area contributed by atoms with Crippen LogP contribution >= 0.6 is 0 Å². The van der Waals surface area contributed by atoms with E-state index >= 15 is 0 Å². The molecular weight excluding hydrogens is 303 g/mol. The molecule has 22 heavy (non-hydrogen) atoms. The summed E-state index contributed by atoms with van der Waals surface area (Å²) in [5, 5.41) is 5.20. The Kier molecular flexibility index (Phi) is 6.90. The lowest BCUT2D eigenvalue weighted by Crippen LogP contribution is -2.36. The first-order chi connectivity index (χ1) is 10.3. The van der Waals surface area contributed by atoms with Crippen LogP contribution in [-0.2, 0) is 4.74 Å². The van der Waals surface area contributed by atoms with Crippen LogP contribution in [0.4, 0.5) is 23.7 Å². The highest BCUT2D eigenvalue weighted by atomic mass is 19.4. The summed E-state index contributed by atoms with van der Waals surface area (Å²) in [5.41, 5.74) is 0.343. The van der Waals surface area contributed by atoms with Crippen molar-refractivity contribution in [3.8, 4) is 5.88 Å². The topological polar surface area (TPSA) is 72.5 Å². The summed E-state index contributed by atoms with van der Waals surface area (Å²) in [6, 6.07) is 2.13. The molecule has 0 unspecified atom stereocenters. The number of carbonyl (C=O) groups excluding carboxylic acids is 1. The number of anilines is 1. The number of hydrogen-bond donors (Lipinski definition) is 2. The van der Waals surface area contributed by atoms with E-state index in [1.165, 1.54) is 18.3 Å². The number of hydrogen-bond acceptors (Lipinski definition) is 4. The molecule has 0 fully saturated rings. The standard InChI is InChI=1S/C13H18F3N3O3/c1-9(5-6-21-2)18-12(20)19-10-3-4-11(17-7-10)22-8-13(14,15)16/h3-4,7,9H,5-6,8H2,1-2H3,(H2,18,19,20)/t9-/m1/s1. The van der Waals surface area contributed by atoms with Crippen LogP contribution in [0.5, 0.6) is 5.88 Å². The number of rotatable bonds is 7. The highest BCUT2D eigenvalue weighted by Crippen LogP contribution is 2.17. The van der Waals surface area contributed by atoms with E-state index in [-0.39, 0.29) is 11.9 Å². The molecule has 9 heteroatoms. The number of amides is 2. The molecule has 0 radical (unpaired) electrons. The average Bonchev–Trinajstić information content (AvgIpc) is 2.43. The second-order valence-corrected chi connectivity index (χ2v) is 4.57. The number of ether oxygens (including phenoxy) is 2. The molecule has 124 valence electrons. The molecule has 0 saturated carbocycles. The quantitative estimate of drug-likeness (QED) is 0.809. The molecular formula is C13H18F3N3O3. The lowest BCUT2D eigenvalue weighted by Gasteiger charge is -2.14. The SMILES string of the molecule is COCC[C@@H](C)NC(=O)Nc1ccc(OCC(F)(F)F)nc1. The smallest absolute Gasteiger partial charge is 0.422 e. The van der Waals surface area contributed by atoms with Gasteiger partial charge in [-0.2, -0.15) is 13.2 Å². The first-order valence-electron chi connectivity index (χ1n) is 6.52. The number of nitrogens with zero attached hydrogens (tertiary/aromatic N) is 1. The fourth-order valence-electron chi connectivity index (χ4n) is 1.45. The lowest BCUT2D eigenvalue weighted by molar-refractivity contribution is -0.154. The van der Waals surface area contributed by atoms with Crippen molar-refractivity contribution in [1.29, 1.82) is 0 Å². The van der Waals surface area contributed by atoms with Crippen LogP contribution < -0.4 is 15.4 Å². The third kappa shape index (κ3) is 7.67. The van der Waals surface area contributed by atoms with Gasteiger partial charge in [0.15, 0.2) is 6.61 Å². The van der Waals surface area contributed by atoms with Crippen molar-refractivity contribution < 1.29 is 27.4 Å². The zero-order chi connectivity index (χ0) is 16.6. The van der Waals surface area contributed by atoms with Gasteiger partial charge in [-0.25, -0.2) is 9.78 Å². The minimum atomic E-state index is -4.42. The van der Waals surface area contributed by atoms with Gasteiger partial charge in [-0.05, 0) is 19.4 Å². The van der Waals surface area contributed by atoms with Crippen molar-refractivity contribution in [2.45, 2.75) is 25.6 Å². The molecule has 0 saturated heterocycles. The maximum Gasteiger partial charge on any atom is 0.422 e. The number of halogens is 3. The van der Waals surface area contributed by atoms with Crippen LogP contribution in [-0.4, -0.2) is 43.6 Å². The predicted octanol–water partition coefficient (Wildman–Crippen LogP) is 2.57. The van der Waals surface area contributed by atoms with E-state index < -0.39 is 18.8 Å². The van der Waals surface area contributed by atoms with E-state index in [0.29, 0.717) is 18.7 Å². The molecule has 2 N–H and O–H groups in total. The summed E-state index contributed by atoms with van der Waals surface area (Å²) >= 11 is 0. The number of nitrogens with one attached hydrogen (secondary N) is 2. The third-order valence-electron chi connectivity index (χ3n) is 2.51. The number of methoxy groups -OCH3 is 1. The number of alkyl halides is 3. The minimum absolute atomic E-state index is 0.0812. The van der Waals surface area contributed by atoms with Crippen LogP contribution in [0.2, 0.25) is 0 Å². The van der Waals surface area contributed by atoms with Gasteiger partial charge in [-0.15, -0.1) is 0 Å². The highest BCUT2D eigenvalue weighted by Gasteiger charge is 2.28. The Hall–Kier alpha value is -2.03. The number of urea groups is 1. The van der Waals surface area contributed by atoms with E-state index in [1.807, 2.05) is 6.92 Å². The Bertz CT molecular complexity index is 466. The Morgan fingerprint density at radius 3 is 2.68 bits per heavy atom. The van der Waals surface area contributed by atoms with E-state index in [0.717, 1.165) is 0 Å². The molecule has 1 aromatic rings. The molecule has 1 atom stereocenters. The van der Waals surface area contributed by atoms with Crippen LogP contribution in [0.1, 0.15) is 13.3 Å². The van der Waals surface area contributed by atoms with Gasteiger partial charge in [-0.3, -0.25) is 0 Å². The van der Waals surface area contributed by atoms with E-state index in [2.05, 4.69) is 20.4 Å². The maximum atomic E-state index is 12.0. The van der Waals surface area contributed by atoms with Crippen LogP contribution in [0.15, 0.2) is 18.3 Å². The Balaban J connectivity index is 2.41. The summed E-state index contributed by atoms with van der Waals surface area (Å²) in [6.07, 6.45) is -2.55. The number of aromatic nitrogens is 1. The van der Waals surface area contributed by atoms with E-state index in [1.54, 1.807) is 7.11 Å². The molecule has 6 nitrogen and oxygen atoms in total. The van der Waals surface area contributed by atoms with Gasteiger partial charge in [0.05, 0.1) is 11.9 Å². The first-order valence-corrected chi connectivity index (χ1v) is 6.52. The van der Waals surface area contributed by atoms with Crippen LogP contribution in [0.25, 0.3) is 0 Å². The van der Waals surface area contributed by atoms with Gasteiger partial charge in [-0.1, -0.05) is 0 Å². The second-order valence-electron chi connectivity index (χ2n) is 4.57. The van der Waals surface area contributed by atoms with E-state index in [9.17, 15) is 18.0 Å².